The smallest absolute Gasteiger partial charge is 0.126 e. The van der Waals surface area contributed by atoms with E-state index in [1.54, 1.807) is 14.2 Å². The molecule has 70 valence electrons. The first-order chi connectivity index (χ1) is 6.27. The molecule has 0 bridgehead atoms. The van der Waals surface area contributed by atoms with Gasteiger partial charge in [0.25, 0.3) is 0 Å². The molecule has 0 N–H and O–H groups in total. The summed E-state index contributed by atoms with van der Waals surface area (Å²) in [7, 11) is 3.32. The number of methoxy groups -OCH3 is 2. The summed E-state index contributed by atoms with van der Waals surface area (Å²) in [5.41, 5.74) is 1.03. The summed E-state index contributed by atoms with van der Waals surface area (Å²) in [6.45, 7) is 1.91. The third-order valence-corrected chi connectivity index (χ3v) is 1.82. The third kappa shape index (κ3) is 2.51. The highest BCUT2D eigenvalue weighted by Crippen LogP contribution is 2.20. The molecule has 0 heterocycles. The van der Waals surface area contributed by atoms with E-state index in [4.69, 9.17) is 9.47 Å². The first kappa shape index (κ1) is 9.65. The van der Waals surface area contributed by atoms with E-state index in [1.807, 2.05) is 37.3 Å². The maximum absolute atomic E-state index is 5.19. The van der Waals surface area contributed by atoms with Crippen LogP contribution in [0.1, 0.15) is 12.5 Å². The van der Waals surface area contributed by atoms with Gasteiger partial charge in [-0.05, 0) is 19.1 Å². The Balaban J connectivity index is 2.99. The summed E-state index contributed by atoms with van der Waals surface area (Å²) in [5.74, 6) is 1.73. The van der Waals surface area contributed by atoms with Crippen LogP contribution < -0.4 is 4.74 Å². The molecule has 1 rings (SSSR count). The highest BCUT2D eigenvalue weighted by atomic mass is 16.5. The van der Waals surface area contributed by atoms with Gasteiger partial charge in [-0.2, -0.15) is 0 Å². The normalized spacial score (nSPS) is 11.2. The average Bonchev–Trinajstić information content (AvgIpc) is 2.18. The molecule has 0 amide bonds. The number of rotatable bonds is 3. The summed E-state index contributed by atoms with van der Waals surface area (Å²) < 4.78 is 10.2. The lowest BCUT2D eigenvalue weighted by atomic mass is 10.2. The van der Waals surface area contributed by atoms with E-state index in [0.29, 0.717) is 0 Å². The second-order valence-electron chi connectivity index (χ2n) is 2.70. The van der Waals surface area contributed by atoms with Crippen molar-refractivity contribution in [3.63, 3.8) is 0 Å². The molecule has 0 aliphatic rings. The van der Waals surface area contributed by atoms with Crippen molar-refractivity contribution < 1.29 is 9.47 Å². The van der Waals surface area contributed by atoms with E-state index in [9.17, 15) is 0 Å². The average molecular weight is 178 g/mol. The Labute approximate surface area is 78.8 Å². The molecule has 0 aliphatic heterocycles. The molecule has 0 aliphatic carbocycles. The third-order valence-electron chi connectivity index (χ3n) is 1.82. The zero-order chi connectivity index (χ0) is 9.68. The molecule has 0 spiro atoms. The molecule has 0 atom stereocenters. The van der Waals surface area contributed by atoms with Crippen LogP contribution in [0, 0.1) is 0 Å². The van der Waals surface area contributed by atoms with Crippen molar-refractivity contribution >= 4 is 6.08 Å². The molecule has 0 saturated heterocycles. The highest BCUT2D eigenvalue weighted by Gasteiger charge is 1.97. The minimum atomic E-state index is 0.860. The molecule has 0 aromatic heterocycles. The van der Waals surface area contributed by atoms with Gasteiger partial charge in [-0.1, -0.05) is 18.2 Å². The first-order valence-corrected chi connectivity index (χ1v) is 4.13. The Hall–Kier alpha value is -1.44. The van der Waals surface area contributed by atoms with Crippen LogP contribution in [0.3, 0.4) is 0 Å². The van der Waals surface area contributed by atoms with Crippen LogP contribution in [0.4, 0.5) is 0 Å². The van der Waals surface area contributed by atoms with Crippen molar-refractivity contribution in [1.29, 1.82) is 0 Å². The van der Waals surface area contributed by atoms with Gasteiger partial charge in [0.15, 0.2) is 0 Å². The van der Waals surface area contributed by atoms with E-state index in [-0.39, 0.29) is 0 Å². The van der Waals surface area contributed by atoms with Crippen LogP contribution in [0.5, 0.6) is 5.75 Å². The molecular formula is C11H14O2. The maximum Gasteiger partial charge on any atom is 0.126 e. The standard InChI is InChI=1S/C11H14O2/c1-9(12-2)8-10-6-4-5-7-11(10)13-3/h4-8H,1-3H3/b9-8+. The lowest BCUT2D eigenvalue weighted by Gasteiger charge is -2.04. The minimum Gasteiger partial charge on any atom is -0.501 e. The van der Waals surface area contributed by atoms with Gasteiger partial charge in [0, 0.05) is 5.56 Å². The SMILES string of the molecule is CO/C(C)=C/c1ccccc1OC. The molecule has 13 heavy (non-hydrogen) atoms. The van der Waals surface area contributed by atoms with Crippen molar-refractivity contribution in [2.45, 2.75) is 6.92 Å². The van der Waals surface area contributed by atoms with Gasteiger partial charge >= 0.3 is 0 Å². The quantitative estimate of drug-likeness (QED) is 0.662. The maximum atomic E-state index is 5.19. The van der Waals surface area contributed by atoms with Crippen LogP contribution in [0.15, 0.2) is 30.0 Å². The molecular weight excluding hydrogens is 164 g/mol. The van der Waals surface area contributed by atoms with E-state index >= 15 is 0 Å². The number of para-hydroxylation sites is 1. The molecule has 0 radical (unpaired) electrons. The van der Waals surface area contributed by atoms with Crippen molar-refractivity contribution in [2.75, 3.05) is 14.2 Å². The fourth-order valence-electron chi connectivity index (χ4n) is 1.06. The topological polar surface area (TPSA) is 18.5 Å². The predicted molar refractivity (Wildman–Crippen MR) is 53.7 cm³/mol. The summed E-state index contributed by atoms with van der Waals surface area (Å²) in [4.78, 5) is 0. The van der Waals surface area contributed by atoms with Gasteiger partial charge in [0.05, 0.1) is 20.0 Å². The fraction of sp³-hybridized carbons (Fsp3) is 0.273. The largest absolute Gasteiger partial charge is 0.501 e. The minimum absolute atomic E-state index is 0.860. The number of hydrogen-bond donors (Lipinski definition) is 0. The van der Waals surface area contributed by atoms with Crippen LogP contribution in [0.2, 0.25) is 0 Å². The Morgan fingerprint density at radius 3 is 2.54 bits per heavy atom. The van der Waals surface area contributed by atoms with Crippen molar-refractivity contribution in [3.8, 4) is 5.75 Å². The summed E-state index contributed by atoms with van der Waals surface area (Å²) in [6, 6.07) is 7.83. The molecule has 0 unspecified atom stereocenters. The van der Waals surface area contributed by atoms with Gasteiger partial charge in [-0.15, -0.1) is 0 Å². The monoisotopic (exact) mass is 178 g/mol. The number of benzene rings is 1. The Kier molecular flexibility index (Phi) is 3.38. The van der Waals surface area contributed by atoms with Gasteiger partial charge in [0.1, 0.15) is 5.75 Å². The van der Waals surface area contributed by atoms with Crippen LogP contribution >= 0.6 is 0 Å². The van der Waals surface area contributed by atoms with E-state index in [2.05, 4.69) is 0 Å². The molecule has 1 aromatic carbocycles. The lowest BCUT2D eigenvalue weighted by molar-refractivity contribution is 0.297. The van der Waals surface area contributed by atoms with Gasteiger partial charge in [-0.25, -0.2) is 0 Å². The highest BCUT2D eigenvalue weighted by molar-refractivity contribution is 5.58. The molecule has 2 heteroatoms. The molecule has 0 saturated carbocycles. The van der Waals surface area contributed by atoms with Gasteiger partial charge in [0.2, 0.25) is 0 Å². The zero-order valence-electron chi connectivity index (χ0n) is 8.20. The number of ether oxygens (including phenoxy) is 2. The van der Waals surface area contributed by atoms with Crippen LogP contribution in [-0.2, 0) is 4.74 Å². The van der Waals surface area contributed by atoms with Crippen molar-refractivity contribution in [3.05, 3.63) is 35.6 Å². The molecule has 2 nitrogen and oxygen atoms in total. The Morgan fingerprint density at radius 1 is 1.23 bits per heavy atom. The van der Waals surface area contributed by atoms with E-state index in [0.717, 1.165) is 17.1 Å². The lowest BCUT2D eigenvalue weighted by Crippen LogP contribution is -1.87. The second kappa shape index (κ2) is 4.55. The summed E-state index contributed by atoms with van der Waals surface area (Å²) in [6.07, 6.45) is 1.94. The van der Waals surface area contributed by atoms with Crippen LogP contribution in [-0.4, -0.2) is 14.2 Å². The second-order valence-corrected chi connectivity index (χ2v) is 2.70. The van der Waals surface area contributed by atoms with Crippen molar-refractivity contribution in [1.82, 2.24) is 0 Å². The summed E-state index contributed by atoms with van der Waals surface area (Å²) in [5, 5.41) is 0. The van der Waals surface area contributed by atoms with Gasteiger partial charge < -0.3 is 9.47 Å². The first-order valence-electron chi connectivity index (χ1n) is 4.13. The van der Waals surface area contributed by atoms with E-state index < -0.39 is 0 Å². The summed E-state index contributed by atoms with van der Waals surface area (Å²) >= 11 is 0. The predicted octanol–water partition coefficient (Wildman–Crippen LogP) is 2.70. The number of allylic oxidation sites excluding steroid dienone is 1. The Morgan fingerprint density at radius 2 is 1.92 bits per heavy atom. The molecule has 1 aromatic rings. The van der Waals surface area contributed by atoms with Crippen LogP contribution in [0.25, 0.3) is 6.08 Å². The van der Waals surface area contributed by atoms with Crippen molar-refractivity contribution in [2.24, 2.45) is 0 Å². The molecule has 0 fully saturated rings. The Bertz CT molecular complexity index is 303. The zero-order valence-corrected chi connectivity index (χ0v) is 8.20. The van der Waals surface area contributed by atoms with E-state index in [1.165, 1.54) is 0 Å². The number of hydrogen-bond acceptors (Lipinski definition) is 2. The fourth-order valence-corrected chi connectivity index (χ4v) is 1.06. The van der Waals surface area contributed by atoms with Gasteiger partial charge in [-0.3, -0.25) is 0 Å².